The van der Waals surface area contributed by atoms with Gasteiger partial charge in [0.05, 0.1) is 12.7 Å². The molecule has 1 saturated heterocycles. The molecule has 5 rings (SSSR count). The van der Waals surface area contributed by atoms with Gasteiger partial charge < -0.3 is 19.3 Å². The zero-order valence-electron chi connectivity index (χ0n) is 25.0. The third-order valence-corrected chi connectivity index (χ3v) is 8.10. The molecule has 0 spiro atoms. The summed E-state index contributed by atoms with van der Waals surface area (Å²) >= 11 is 0. The summed E-state index contributed by atoms with van der Waals surface area (Å²) in [6.07, 6.45) is 2.70. The van der Waals surface area contributed by atoms with Crippen molar-refractivity contribution < 1.29 is 23.5 Å². The van der Waals surface area contributed by atoms with Crippen molar-refractivity contribution in [2.75, 3.05) is 33.3 Å². The molecule has 0 N–H and O–H groups in total. The Hall–Kier alpha value is -3.71. The molecule has 1 heterocycles. The molecule has 1 amide bonds. The Morgan fingerprint density at radius 1 is 0.929 bits per heavy atom. The van der Waals surface area contributed by atoms with Gasteiger partial charge in [-0.15, -0.1) is 0 Å². The second kappa shape index (κ2) is 12.7. The Bertz CT molecular complexity index is 1360. The van der Waals surface area contributed by atoms with Crippen LogP contribution in [0.2, 0.25) is 0 Å². The first kappa shape index (κ1) is 29.8. The number of methoxy groups -OCH3 is 1. The van der Waals surface area contributed by atoms with Gasteiger partial charge in [-0.05, 0) is 93.1 Å². The summed E-state index contributed by atoms with van der Waals surface area (Å²) in [6.45, 7) is 9.40. The van der Waals surface area contributed by atoms with Crippen molar-refractivity contribution in [2.24, 2.45) is 5.92 Å². The summed E-state index contributed by atoms with van der Waals surface area (Å²) in [5.41, 5.74) is 4.48. The van der Waals surface area contributed by atoms with E-state index in [0.29, 0.717) is 23.9 Å². The smallest absolute Gasteiger partial charge is 0.410 e. The van der Waals surface area contributed by atoms with E-state index in [1.165, 1.54) is 30.4 Å². The molecule has 2 atom stereocenters. The van der Waals surface area contributed by atoms with Crippen molar-refractivity contribution in [3.8, 4) is 11.1 Å². The second-order valence-corrected chi connectivity index (χ2v) is 12.6. The predicted octanol–water partition coefficient (Wildman–Crippen LogP) is 6.94. The zero-order valence-corrected chi connectivity index (χ0v) is 25.0. The lowest BCUT2D eigenvalue weighted by atomic mass is 9.98. The number of hydrogen-bond acceptors (Lipinski definition) is 5. The summed E-state index contributed by atoms with van der Waals surface area (Å²) in [7, 11) is 1.39. The maximum Gasteiger partial charge on any atom is 0.410 e. The molecule has 6 nitrogen and oxygen atoms in total. The Morgan fingerprint density at radius 3 is 2.14 bits per heavy atom. The Balaban J connectivity index is 1.13. The van der Waals surface area contributed by atoms with Crippen molar-refractivity contribution in [1.29, 1.82) is 0 Å². The summed E-state index contributed by atoms with van der Waals surface area (Å²) in [5.74, 6) is 0.170. The van der Waals surface area contributed by atoms with E-state index in [9.17, 15) is 14.0 Å². The minimum atomic E-state index is -0.544. The Morgan fingerprint density at radius 2 is 1.55 bits per heavy atom. The van der Waals surface area contributed by atoms with Crippen molar-refractivity contribution in [3.63, 3.8) is 0 Å². The lowest BCUT2D eigenvalue weighted by molar-refractivity contribution is 0.00755. The molecule has 0 bridgehead atoms. The SMILES string of the molecule is COC(=O)c1ccc(CCCN2CC(CN(C(=O)OC(C)(C)C)C3CC3c3ccc(-c4ccc(F)cc4)cc3)C2)cc1. The monoisotopic (exact) mass is 572 g/mol. The molecule has 7 heteroatoms. The van der Waals surface area contributed by atoms with Gasteiger partial charge in [-0.3, -0.25) is 0 Å². The lowest BCUT2D eigenvalue weighted by Gasteiger charge is -2.42. The maximum atomic E-state index is 13.3. The molecule has 3 aromatic rings. The highest BCUT2D eigenvalue weighted by atomic mass is 19.1. The highest BCUT2D eigenvalue weighted by Crippen LogP contribution is 2.46. The van der Waals surface area contributed by atoms with Gasteiger partial charge in [0.1, 0.15) is 11.4 Å². The van der Waals surface area contributed by atoms with Crippen molar-refractivity contribution in [1.82, 2.24) is 9.80 Å². The van der Waals surface area contributed by atoms with E-state index in [1.54, 1.807) is 12.1 Å². The van der Waals surface area contributed by atoms with E-state index < -0.39 is 5.60 Å². The number of esters is 1. The quantitative estimate of drug-likeness (QED) is 0.247. The fourth-order valence-corrected chi connectivity index (χ4v) is 5.80. The van der Waals surface area contributed by atoms with Gasteiger partial charge in [0.2, 0.25) is 0 Å². The lowest BCUT2D eigenvalue weighted by Crippen LogP contribution is -2.53. The number of carbonyl (C=O) groups excluding carboxylic acids is 2. The molecule has 0 radical (unpaired) electrons. The molecule has 0 aromatic heterocycles. The van der Waals surface area contributed by atoms with Gasteiger partial charge in [-0.1, -0.05) is 48.5 Å². The summed E-state index contributed by atoms with van der Waals surface area (Å²) in [5, 5.41) is 0. The van der Waals surface area contributed by atoms with Crippen LogP contribution < -0.4 is 0 Å². The first-order valence-corrected chi connectivity index (χ1v) is 14.8. The summed E-state index contributed by atoms with van der Waals surface area (Å²) in [4.78, 5) is 29.3. The number of rotatable bonds is 10. The van der Waals surface area contributed by atoms with Crippen LogP contribution in [0.3, 0.4) is 0 Å². The van der Waals surface area contributed by atoms with Gasteiger partial charge in [-0.2, -0.15) is 0 Å². The molecule has 42 heavy (non-hydrogen) atoms. The van der Waals surface area contributed by atoms with Gasteiger partial charge in [-0.25, -0.2) is 14.0 Å². The second-order valence-electron chi connectivity index (χ2n) is 12.6. The Labute approximate surface area is 248 Å². The molecule has 1 saturated carbocycles. The molecule has 2 fully saturated rings. The van der Waals surface area contributed by atoms with Crippen molar-refractivity contribution in [2.45, 2.75) is 57.6 Å². The molecule has 2 unspecified atom stereocenters. The van der Waals surface area contributed by atoms with Gasteiger partial charge in [0.25, 0.3) is 0 Å². The molecule has 1 aliphatic heterocycles. The fraction of sp³-hybridized carbons (Fsp3) is 0.429. The van der Waals surface area contributed by atoms with Crippen LogP contribution in [0.5, 0.6) is 0 Å². The number of ether oxygens (including phenoxy) is 2. The summed E-state index contributed by atoms with van der Waals surface area (Å²) < 4.78 is 23.9. The van der Waals surface area contributed by atoms with Crippen LogP contribution in [0.25, 0.3) is 11.1 Å². The van der Waals surface area contributed by atoms with Crippen LogP contribution in [0.1, 0.15) is 61.0 Å². The third-order valence-electron chi connectivity index (χ3n) is 8.10. The highest BCUT2D eigenvalue weighted by molar-refractivity contribution is 5.89. The van der Waals surface area contributed by atoms with E-state index in [-0.39, 0.29) is 23.9 Å². The normalized spacial score (nSPS) is 18.7. The van der Waals surface area contributed by atoms with Crippen LogP contribution in [-0.2, 0) is 15.9 Å². The van der Waals surface area contributed by atoms with Gasteiger partial charge in [0, 0.05) is 37.5 Å². The highest BCUT2D eigenvalue weighted by Gasteiger charge is 2.47. The predicted molar refractivity (Wildman–Crippen MR) is 162 cm³/mol. The van der Waals surface area contributed by atoms with Crippen molar-refractivity contribution >= 4 is 12.1 Å². The molecule has 2 aliphatic rings. The van der Waals surface area contributed by atoms with E-state index in [0.717, 1.165) is 50.0 Å². The zero-order chi connectivity index (χ0) is 29.9. The summed E-state index contributed by atoms with van der Waals surface area (Å²) in [6, 6.07) is 22.7. The first-order valence-electron chi connectivity index (χ1n) is 14.8. The minimum absolute atomic E-state index is 0.138. The molecular formula is C35H41FN2O4. The first-order chi connectivity index (χ1) is 20.1. The van der Waals surface area contributed by atoms with Crippen LogP contribution >= 0.6 is 0 Å². The molecular weight excluding hydrogens is 531 g/mol. The Kier molecular flexibility index (Phi) is 8.97. The number of benzene rings is 3. The fourth-order valence-electron chi connectivity index (χ4n) is 5.80. The average molecular weight is 573 g/mol. The topological polar surface area (TPSA) is 59.1 Å². The van der Waals surface area contributed by atoms with Gasteiger partial charge in [0.15, 0.2) is 0 Å². The molecule has 3 aromatic carbocycles. The number of nitrogens with zero attached hydrogens (tertiary/aromatic N) is 2. The number of amides is 1. The van der Waals surface area contributed by atoms with Gasteiger partial charge >= 0.3 is 12.1 Å². The largest absolute Gasteiger partial charge is 0.465 e. The number of likely N-dealkylation sites (tertiary alicyclic amines) is 1. The molecule has 222 valence electrons. The van der Waals surface area contributed by atoms with Crippen LogP contribution in [-0.4, -0.2) is 66.8 Å². The van der Waals surface area contributed by atoms with Crippen LogP contribution in [0.15, 0.2) is 72.8 Å². The van der Waals surface area contributed by atoms with Crippen LogP contribution in [0.4, 0.5) is 9.18 Å². The number of halogens is 1. The average Bonchev–Trinajstić information content (AvgIpc) is 3.74. The number of aryl methyl sites for hydroxylation is 1. The van der Waals surface area contributed by atoms with E-state index >= 15 is 0 Å². The van der Waals surface area contributed by atoms with Crippen molar-refractivity contribution in [3.05, 3.63) is 95.3 Å². The van der Waals surface area contributed by atoms with E-state index in [2.05, 4.69) is 29.2 Å². The molecule has 1 aliphatic carbocycles. The number of carbonyl (C=O) groups is 2. The number of hydrogen-bond donors (Lipinski definition) is 0. The third kappa shape index (κ3) is 7.57. The minimum Gasteiger partial charge on any atom is -0.465 e. The van der Waals surface area contributed by atoms with E-state index in [1.807, 2.05) is 49.9 Å². The standard InChI is InChI=1S/C35H41FN2O4/c1-35(2,3)42-34(40)38(32-20-31(32)28-13-11-26(12-14-28)27-15-17-30(36)18-16-27)23-25-21-37(22-25)19-5-6-24-7-9-29(10-8-24)33(39)41-4/h7-18,25,31-32H,5-6,19-23H2,1-4H3. The maximum absolute atomic E-state index is 13.3. The van der Waals surface area contributed by atoms with E-state index in [4.69, 9.17) is 9.47 Å². The van der Waals surface area contributed by atoms with Crippen LogP contribution in [0, 0.1) is 11.7 Å².